The minimum atomic E-state index is 0.411. The highest BCUT2D eigenvalue weighted by atomic mass is 32.1. The fourth-order valence-electron chi connectivity index (χ4n) is 3.71. The Balaban J connectivity index is 1.36. The van der Waals surface area contributed by atoms with Crippen molar-refractivity contribution in [2.45, 2.75) is 58.9 Å². The highest BCUT2D eigenvalue weighted by Gasteiger charge is 2.30. The molecule has 0 amide bonds. The van der Waals surface area contributed by atoms with E-state index in [0.717, 1.165) is 29.7 Å². The Kier molecular flexibility index (Phi) is 4.70. The average molecular weight is 347 g/mol. The molecule has 1 aliphatic carbocycles. The van der Waals surface area contributed by atoms with Crippen molar-refractivity contribution >= 4 is 11.3 Å². The number of aryl methyl sites for hydroxylation is 1. The fourth-order valence-corrected chi connectivity index (χ4v) is 4.31. The van der Waals surface area contributed by atoms with Gasteiger partial charge in [-0.2, -0.15) is 0 Å². The first-order chi connectivity index (χ1) is 11.7. The highest BCUT2D eigenvalue weighted by Crippen LogP contribution is 2.32. The smallest absolute Gasteiger partial charge is 0.126 e. The second kappa shape index (κ2) is 6.94. The minimum Gasteiger partial charge on any atom is -0.369 e. The number of nitrogens with zero attached hydrogens (tertiary/aromatic N) is 4. The van der Waals surface area contributed by atoms with Crippen LogP contribution in [-0.4, -0.2) is 32.5 Å². The van der Waals surface area contributed by atoms with Crippen LogP contribution in [0.3, 0.4) is 0 Å². The predicted octanol–water partition coefficient (Wildman–Crippen LogP) is 3.54. The fraction of sp³-hybridized carbons (Fsp3) is 0.667. The van der Waals surface area contributed by atoms with Gasteiger partial charge < -0.3 is 9.30 Å². The summed E-state index contributed by atoms with van der Waals surface area (Å²) in [5.74, 6) is 2.11. The van der Waals surface area contributed by atoms with Crippen LogP contribution in [0.2, 0.25) is 0 Å². The standard InChI is InChI=1S/C18H26N4OS/c1-13-18-19-8-17(11-23-10-16-12-24-14(2)20-16)22(18)7-6-21(13)9-15-4-3-5-15/h8,12-13,15H,3-7,9-11H2,1-2H3/t13-/m1/s1. The van der Waals surface area contributed by atoms with E-state index in [9.17, 15) is 0 Å². The number of imidazole rings is 1. The van der Waals surface area contributed by atoms with E-state index in [1.165, 1.54) is 37.3 Å². The van der Waals surface area contributed by atoms with Gasteiger partial charge in [-0.05, 0) is 32.6 Å². The molecule has 1 aliphatic heterocycles. The number of fused-ring (bicyclic) bond motifs is 1. The first-order valence-corrected chi connectivity index (χ1v) is 9.86. The molecule has 1 atom stereocenters. The van der Waals surface area contributed by atoms with Gasteiger partial charge in [0.1, 0.15) is 5.82 Å². The quantitative estimate of drug-likeness (QED) is 0.802. The van der Waals surface area contributed by atoms with Crippen LogP contribution in [0.15, 0.2) is 11.6 Å². The summed E-state index contributed by atoms with van der Waals surface area (Å²) < 4.78 is 8.22. The molecule has 0 radical (unpaired) electrons. The largest absolute Gasteiger partial charge is 0.369 e. The number of aromatic nitrogens is 3. The zero-order valence-electron chi connectivity index (χ0n) is 14.6. The van der Waals surface area contributed by atoms with Gasteiger partial charge in [0, 0.05) is 25.0 Å². The maximum Gasteiger partial charge on any atom is 0.126 e. The lowest BCUT2D eigenvalue weighted by atomic mass is 9.84. The lowest BCUT2D eigenvalue weighted by Gasteiger charge is -2.39. The molecule has 1 fully saturated rings. The molecule has 0 bridgehead atoms. The Hall–Kier alpha value is -1.24. The van der Waals surface area contributed by atoms with Gasteiger partial charge in [-0.25, -0.2) is 9.97 Å². The van der Waals surface area contributed by atoms with Crippen LogP contribution in [0.4, 0.5) is 0 Å². The summed E-state index contributed by atoms with van der Waals surface area (Å²) in [5.41, 5.74) is 2.21. The zero-order valence-corrected chi connectivity index (χ0v) is 15.4. The lowest BCUT2D eigenvalue weighted by molar-refractivity contribution is 0.0897. The molecule has 0 saturated heterocycles. The van der Waals surface area contributed by atoms with Gasteiger partial charge in [0.25, 0.3) is 0 Å². The summed E-state index contributed by atoms with van der Waals surface area (Å²) >= 11 is 1.67. The van der Waals surface area contributed by atoms with Crippen LogP contribution in [0.25, 0.3) is 0 Å². The van der Waals surface area contributed by atoms with Crippen molar-refractivity contribution < 1.29 is 4.74 Å². The SMILES string of the molecule is Cc1nc(COCc2cnc3n2CCN(CC2CCC2)[C@@H]3C)cs1. The molecule has 2 aromatic rings. The summed E-state index contributed by atoms with van der Waals surface area (Å²) in [7, 11) is 0. The highest BCUT2D eigenvalue weighted by molar-refractivity contribution is 7.09. The molecule has 4 rings (SSSR count). The topological polar surface area (TPSA) is 43.2 Å². The van der Waals surface area contributed by atoms with Crippen LogP contribution >= 0.6 is 11.3 Å². The summed E-state index contributed by atoms with van der Waals surface area (Å²) in [6, 6.07) is 0.411. The summed E-state index contributed by atoms with van der Waals surface area (Å²) in [6.45, 7) is 8.90. The van der Waals surface area contributed by atoms with E-state index in [1.54, 1.807) is 11.3 Å². The molecule has 0 aromatic carbocycles. The van der Waals surface area contributed by atoms with Gasteiger partial charge in [-0.3, -0.25) is 4.90 Å². The van der Waals surface area contributed by atoms with Crippen LogP contribution < -0.4 is 0 Å². The molecule has 0 spiro atoms. The van der Waals surface area contributed by atoms with Gasteiger partial charge in [-0.1, -0.05) is 6.42 Å². The predicted molar refractivity (Wildman–Crippen MR) is 94.9 cm³/mol. The molecule has 1 saturated carbocycles. The van der Waals surface area contributed by atoms with E-state index >= 15 is 0 Å². The third kappa shape index (κ3) is 3.27. The third-order valence-corrected chi connectivity index (χ3v) is 6.21. The Morgan fingerprint density at radius 1 is 1.29 bits per heavy atom. The molecule has 0 N–H and O–H groups in total. The van der Waals surface area contributed by atoms with Crippen LogP contribution in [0.1, 0.15) is 54.4 Å². The summed E-state index contributed by atoms with van der Waals surface area (Å²) in [5, 5.41) is 3.16. The second-order valence-electron chi connectivity index (χ2n) is 7.08. The molecule has 2 aliphatic rings. The van der Waals surface area contributed by atoms with Crippen LogP contribution in [0, 0.1) is 12.8 Å². The van der Waals surface area contributed by atoms with E-state index in [2.05, 4.69) is 26.8 Å². The van der Waals surface area contributed by atoms with Gasteiger partial charge in [0.05, 0.1) is 41.8 Å². The van der Waals surface area contributed by atoms with Gasteiger partial charge >= 0.3 is 0 Å². The first-order valence-electron chi connectivity index (χ1n) is 8.98. The Morgan fingerprint density at radius 3 is 2.88 bits per heavy atom. The molecule has 0 unspecified atom stereocenters. The van der Waals surface area contributed by atoms with Crippen molar-refractivity contribution in [1.29, 1.82) is 0 Å². The summed E-state index contributed by atoms with van der Waals surface area (Å²) in [6.07, 6.45) is 6.23. The zero-order chi connectivity index (χ0) is 16.5. The van der Waals surface area contributed by atoms with Gasteiger partial charge in [-0.15, -0.1) is 11.3 Å². The van der Waals surface area contributed by atoms with Crippen LogP contribution in [-0.2, 0) is 24.5 Å². The normalized spacial score (nSPS) is 21.7. The molecule has 5 nitrogen and oxygen atoms in total. The average Bonchev–Trinajstić information content (AvgIpc) is 3.12. The number of thiazole rings is 1. The van der Waals surface area contributed by atoms with E-state index in [1.807, 2.05) is 13.1 Å². The van der Waals surface area contributed by atoms with E-state index in [4.69, 9.17) is 9.72 Å². The van der Waals surface area contributed by atoms with Crippen LogP contribution in [0.5, 0.6) is 0 Å². The number of rotatable bonds is 6. The van der Waals surface area contributed by atoms with E-state index in [0.29, 0.717) is 19.3 Å². The molecule has 24 heavy (non-hydrogen) atoms. The maximum atomic E-state index is 5.87. The van der Waals surface area contributed by atoms with Crippen molar-refractivity contribution in [3.8, 4) is 0 Å². The molecule has 6 heteroatoms. The molecule has 130 valence electrons. The van der Waals surface area contributed by atoms with Crippen molar-refractivity contribution in [1.82, 2.24) is 19.4 Å². The second-order valence-corrected chi connectivity index (χ2v) is 8.14. The Labute approximate surface area is 147 Å². The van der Waals surface area contributed by atoms with Crippen molar-refractivity contribution in [2.24, 2.45) is 5.92 Å². The Morgan fingerprint density at radius 2 is 2.17 bits per heavy atom. The lowest BCUT2D eigenvalue weighted by Crippen LogP contribution is -2.41. The molecule has 3 heterocycles. The number of hydrogen-bond acceptors (Lipinski definition) is 5. The molecule has 2 aromatic heterocycles. The van der Waals surface area contributed by atoms with E-state index < -0.39 is 0 Å². The van der Waals surface area contributed by atoms with Crippen molar-refractivity contribution in [3.05, 3.63) is 33.8 Å². The maximum absolute atomic E-state index is 5.87. The third-order valence-electron chi connectivity index (χ3n) is 5.39. The minimum absolute atomic E-state index is 0.411. The monoisotopic (exact) mass is 346 g/mol. The molecular formula is C18H26N4OS. The molecular weight excluding hydrogens is 320 g/mol. The van der Waals surface area contributed by atoms with E-state index in [-0.39, 0.29) is 0 Å². The first kappa shape index (κ1) is 16.2. The summed E-state index contributed by atoms with van der Waals surface area (Å²) in [4.78, 5) is 11.7. The van der Waals surface area contributed by atoms with Crippen molar-refractivity contribution in [2.75, 3.05) is 13.1 Å². The van der Waals surface area contributed by atoms with Gasteiger partial charge in [0.15, 0.2) is 0 Å². The van der Waals surface area contributed by atoms with Crippen molar-refractivity contribution in [3.63, 3.8) is 0 Å². The number of ether oxygens (including phenoxy) is 1. The Bertz CT molecular complexity index is 691. The van der Waals surface area contributed by atoms with Gasteiger partial charge in [0.2, 0.25) is 0 Å². The number of hydrogen-bond donors (Lipinski definition) is 0.